The quantitative estimate of drug-likeness (QED) is 0.845. The molecule has 0 bridgehead atoms. The first-order chi connectivity index (χ1) is 8.41. The first-order valence-electron chi connectivity index (χ1n) is 5.75. The van der Waals surface area contributed by atoms with Crippen molar-refractivity contribution in [2.45, 2.75) is 18.7 Å². The van der Waals surface area contributed by atoms with E-state index in [9.17, 15) is 13.2 Å². The van der Waals surface area contributed by atoms with Crippen LogP contribution in [-0.4, -0.2) is 38.3 Å². The minimum atomic E-state index is -3.56. The van der Waals surface area contributed by atoms with Crippen molar-refractivity contribution < 1.29 is 13.2 Å². The van der Waals surface area contributed by atoms with E-state index in [1.807, 2.05) is 13.8 Å². The molecule has 0 aliphatic carbocycles. The molecule has 0 radical (unpaired) electrons. The van der Waals surface area contributed by atoms with Crippen LogP contribution < -0.4 is 5.32 Å². The highest BCUT2D eigenvalue weighted by Gasteiger charge is 2.29. The molecule has 0 aromatic heterocycles. The van der Waals surface area contributed by atoms with Gasteiger partial charge in [-0.2, -0.15) is 4.31 Å². The molecule has 1 aliphatic rings. The Balaban J connectivity index is 2.35. The van der Waals surface area contributed by atoms with Gasteiger partial charge in [0.2, 0.25) is 15.9 Å². The Morgan fingerprint density at radius 1 is 1.22 bits per heavy atom. The number of hydrogen-bond acceptors (Lipinski definition) is 3. The third-order valence-corrected chi connectivity index (χ3v) is 4.96. The smallest absolute Gasteiger partial charge is 0.243 e. The minimum absolute atomic E-state index is 0.102. The predicted molar refractivity (Wildman–Crippen MR) is 67.7 cm³/mol. The summed E-state index contributed by atoms with van der Waals surface area (Å²) in [5, 5.41) is 2.61. The van der Waals surface area contributed by atoms with Crippen molar-refractivity contribution in [1.82, 2.24) is 9.62 Å². The second-order valence-corrected chi connectivity index (χ2v) is 6.37. The maximum absolute atomic E-state index is 12.3. The Morgan fingerprint density at radius 2 is 1.94 bits per heavy atom. The first-order valence-corrected chi connectivity index (χ1v) is 7.19. The van der Waals surface area contributed by atoms with Crippen LogP contribution >= 0.6 is 0 Å². The monoisotopic (exact) mass is 268 g/mol. The number of sulfonamides is 1. The van der Waals surface area contributed by atoms with Crippen LogP contribution in [0.25, 0.3) is 0 Å². The Labute approximate surface area is 107 Å². The molecule has 1 fully saturated rings. The van der Waals surface area contributed by atoms with E-state index >= 15 is 0 Å². The molecule has 0 unspecified atom stereocenters. The van der Waals surface area contributed by atoms with E-state index in [0.29, 0.717) is 13.1 Å². The summed E-state index contributed by atoms with van der Waals surface area (Å²) in [5.41, 5.74) is 1.97. The van der Waals surface area contributed by atoms with E-state index in [2.05, 4.69) is 5.32 Å². The lowest BCUT2D eigenvalue weighted by atomic mass is 10.1. The van der Waals surface area contributed by atoms with Crippen LogP contribution in [0, 0.1) is 13.8 Å². The van der Waals surface area contributed by atoms with Crippen molar-refractivity contribution in [3.8, 4) is 0 Å². The number of piperazine rings is 1. The lowest BCUT2D eigenvalue weighted by molar-refractivity contribution is -0.122. The molecule has 1 N–H and O–H groups in total. The van der Waals surface area contributed by atoms with E-state index in [1.165, 1.54) is 4.31 Å². The van der Waals surface area contributed by atoms with Gasteiger partial charge in [-0.25, -0.2) is 8.42 Å². The SMILES string of the molecule is Cc1ccc(S(=O)(=O)N2CCNC(=O)C2)cc1C. The highest BCUT2D eigenvalue weighted by Crippen LogP contribution is 2.19. The highest BCUT2D eigenvalue weighted by molar-refractivity contribution is 7.89. The van der Waals surface area contributed by atoms with Gasteiger partial charge in [0, 0.05) is 13.1 Å². The molecule has 5 nitrogen and oxygen atoms in total. The standard InChI is InChI=1S/C12H16N2O3S/c1-9-3-4-11(7-10(9)2)18(16,17)14-6-5-13-12(15)8-14/h3-4,7H,5-6,8H2,1-2H3,(H,13,15). The predicted octanol–water partition coefficient (Wildman–Crippen LogP) is 0.424. The van der Waals surface area contributed by atoms with Crippen LogP contribution in [0.5, 0.6) is 0 Å². The number of benzene rings is 1. The molecule has 0 spiro atoms. The fourth-order valence-corrected chi connectivity index (χ4v) is 3.33. The van der Waals surface area contributed by atoms with Crippen molar-refractivity contribution >= 4 is 15.9 Å². The van der Waals surface area contributed by atoms with Gasteiger partial charge in [-0.3, -0.25) is 4.79 Å². The highest BCUT2D eigenvalue weighted by atomic mass is 32.2. The normalized spacial score (nSPS) is 17.6. The van der Waals surface area contributed by atoms with Gasteiger partial charge in [-0.1, -0.05) is 6.07 Å². The Morgan fingerprint density at radius 3 is 2.56 bits per heavy atom. The molecule has 98 valence electrons. The molecule has 1 heterocycles. The van der Waals surface area contributed by atoms with Gasteiger partial charge in [0.05, 0.1) is 11.4 Å². The molecular weight excluding hydrogens is 252 g/mol. The van der Waals surface area contributed by atoms with Crippen molar-refractivity contribution in [2.75, 3.05) is 19.6 Å². The lowest BCUT2D eigenvalue weighted by Crippen LogP contribution is -2.49. The summed E-state index contributed by atoms with van der Waals surface area (Å²) in [4.78, 5) is 11.5. The van der Waals surface area contributed by atoms with E-state index < -0.39 is 10.0 Å². The maximum Gasteiger partial charge on any atom is 0.243 e. The van der Waals surface area contributed by atoms with Gasteiger partial charge < -0.3 is 5.32 Å². The van der Waals surface area contributed by atoms with Gasteiger partial charge >= 0.3 is 0 Å². The zero-order valence-corrected chi connectivity index (χ0v) is 11.3. The van der Waals surface area contributed by atoms with E-state index in [4.69, 9.17) is 0 Å². The average Bonchev–Trinajstić information content (AvgIpc) is 2.32. The summed E-state index contributed by atoms with van der Waals surface area (Å²) < 4.78 is 25.9. The Kier molecular flexibility index (Phi) is 3.41. The van der Waals surface area contributed by atoms with Crippen LogP contribution in [0.2, 0.25) is 0 Å². The summed E-state index contributed by atoms with van der Waals surface area (Å²) in [7, 11) is -3.56. The number of rotatable bonds is 2. The summed E-state index contributed by atoms with van der Waals surface area (Å²) >= 11 is 0. The molecule has 1 aliphatic heterocycles. The van der Waals surface area contributed by atoms with Crippen molar-refractivity contribution in [2.24, 2.45) is 0 Å². The molecule has 1 aromatic rings. The van der Waals surface area contributed by atoms with Gasteiger partial charge in [0.25, 0.3) is 0 Å². The van der Waals surface area contributed by atoms with Crippen LogP contribution in [-0.2, 0) is 14.8 Å². The molecule has 0 saturated carbocycles. The van der Waals surface area contributed by atoms with Crippen molar-refractivity contribution in [1.29, 1.82) is 0 Å². The topological polar surface area (TPSA) is 66.5 Å². The number of hydrogen-bond donors (Lipinski definition) is 1. The van der Waals surface area contributed by atoms with Gasteiger partial charge in [-0.15, -0.1) is 0 Å². The fourth-order valence-electron chi connectivity index (χ4n) is 1.84. The van der Waals surface area contributed by atoms with Crippen LogP contribution in [0.4, 0.5) is 0 Å². The largest absolute Gasteiger partial charge is 0.354 e. The minimum Gasteiger partial charge on any atom is -0.354 e. The summed E-state index contributed by atoms with van der Waals surface area (Å²) in [6, 6.07) is 5.02. The zero-order chi connectivity index (χ0) is 13.3. The first kappa shape index (κ1) is 13.0. The van der Waals surface area contributed by atoms with Crippen LogP contribution in [0.15, 0.2) is 23.1 Å². The van der Waals surface area contributed by atoms with Crippen molar-refractivity contribution in [3.05, 3.63) is 29.3 Å². The van der Waals surface area contributed by atoms with Crippen LogP contribution in [0.1, 0.15) is 11.1 Å². The summed E-state index contributed by atoms with van der Waals surface area (Å²) in [5.74, 6) is -0.256. The molecule has 1 amide bonds. The molecular formula is C12H16N2O3S. The summed E-state index contributed by atoms with van der Waals surface area (Å²) in [6.45, 7) is 4.39. The number of carbonyl (C=O) groups excluding carboxylic acids is 1. The van der Waals surface area contributed by atoms with Gasteiger partial charge in [0.15, 0.2) is 0 Å². The second-order valence-electron chi connectivity index (χ2n) is 4.43. The van der Waals surface area contributed by atoms with E-state index in [-0.39, 0.29) is 17.3 Å². The van der Waals surface area contributed by atoms with Crippen LogP contribution in [0.3, 0.4) is 0 Å². The third-order valence-electron chi connectivity index (χ3n) is 3.12. The van der Waals surface area contributed by atoms with E-state index in [0.717, 1.165) is 11.1 Å². The molecule has 1 aromatic carbocycles. The number of carbonyl (C=O) groups is 1. The lowest BCUT2D eigenvalue weighted by Gasteiger charge is -2.26. The molecule has 18 heavy (non-hydrogen) atoms. The third kappa shape index (κ3) is 2.39. The fraction of sp³-hybridized carbons (Fsp3) is 0.417. The number of nitrogens with one attached hydrogen (secondary N) is 1. The number of aryl methyl sites for hydroxylation is 2. The summed E-state index contributed by atoms with van der Waals surface area (Å²) in [6.07, 6.45) is 0. The molecule has 6 heteroatoms. The Bertz CT molecular complexity index is 581. The molecule has 1 saturated heterocycles. The zero-order valence-electron chi connectivity index (χ0n) is 10.4. The average molecular weight is 268 g/mol. The maximum atomic E-state index is 12.3. The van der Waals surface area contributed by atoms with E-state index in [1.54, 1.807) is 18.2 Å². The second kappa shape index (κ2) is 4.70. The molecule has 0 atom stereocenters. The van der Waals surface area contributed by atoms with Gasteiger partial charge in [0.1, 0.15) is 0 Å². The van der Waals surface area contributed by atoms with Crippen molar-refractivity contribution in [3.63, 3.8) is 0 Å². The number of amides is 1. The number of nitrogens with zero attached hydrogens (tertiary/aromatic N) is 1. The Hall–Kier alpha value is -1.40. The molecule has 2 rings (SSSR count). The van der Waals surface area contributed by atoms with Gasteiger partial charge in [-0.05, 0) is 37.1 Å².